The highest BCUT2D eigenvalue weighted by Crippen LogP contribution is 2.28. The van der Waals surface area contributed by atoms with E-state index in [2.05, 4.69) is 5.32 Å². The number of thiophene rings is 1. The summed E-state index contributed by atoms with van der Waals surface area (Å²) in [7, 11) is -4.26. The minimum Gasteiger partial charge on any atom is -0.322 e. The molecule has 5 nitrogen and oxygen atoms in total. The second-order valence-electron chi connectivity index (χ2n) is 5.92. The first kappa shape index (κ1) is 21.3. The highest BCUT2D eigenvalue weighted by atomic mass is 32.2. The van der Waals surface area contributed by atoms with Gasteiger partial charge in [0.25, 0.3) is 21.9 Å². The largest absolute Gasteiger partial charge is 0.322 e. The Hall–Kier alpha value is -1.98. The molecule has 0 aliphatic rings. The van der Waals surface area contributed by atoms with Crippen LogP contribution in [0.1, 0.15) is 29.1 Å². The predicted octanol–water partition coefficient (Wildman–Crippen LogP) is 3.91. The van der Waals surface area contributed by atoms with Crippen molar-refractivity contribution >= 4 is 33.0 Å². The van der Waals surface area contributed by atoms with Gasteiger partial charge in [0, 0.05) is 23.6 Å². The zero-order valence-corrected chi connectivity index (χ0v) is 16.1. The number of hydrogen-bond donors (Lipinski definition) is 2. The molecule has 2 rings (SSSR count). The maximum absolute atomic E-state index is 13.2. The van der Waals surface area contributed by atoms with Gasteiger partial charge in [0.05, 0.1) is 11.6 Å². The van der Waals surface area contributed by atoms with Crippen molar-refractivity contribution < 1.29 is 30.8 Å². The van der Waals surface area contributed by atoms with Gasteiger partial charge in [-0.1, -0.05) is 0 Å². The minimum atomic E-state index is -4.26. The number of sulfonamides is 1. The molecule has 0 bridgehead atoms. The molecule has 27 heavy (non-hydrogen) atoms. The summed E-state index contributed by atoms with van der Waals surface area (Å²) in [5, 5.41) is 2.32. The number of carbonyl (C=O) groups is 1. The van der Waals surface area contributed by atoms with Crippen molar-refractivity contribution in [3.63, 3.8) is 0 Å². The first-order chi connectivity index (χ1) is 12.3. The molecule has 11 heteroatoms. The Balaban J connectivity index is 2.24. The third-order valence-electron chi connectivity index (χ3n) is 3.67. The average molecular weight is 424 g/mol. The molecule has 1 amide bonds. The first-order valence-corrected chi connectivity index (χ1v) is 9.88. The van der Waals surface area contributed by atoms with Gasteiger partial charge in [-0.25, -0.2) is 30.7 Å². The normalized spacial score (nSPS) is 13.4. The number of anilines is 1. The van der Waals surface area contributed by atoms with Gasteiger partial charge in [0.2, 0.25) is 0 Å². The van der Waals surface area contributed by atoms with E-state index in [1.165, 1.54) is 6.92 Å². The van der Waals surface area contributed by atoms with E-state index in [4.69, 9.17) is 0 Å². The second-order valence-corrected chi connectivity index (χ2v) is 9.11. The van der Waals surface area contributed by atoms with Crippen LogP contribution in [0, 0.1) is 18.6 Å². The zero-order chi connectivity index (χ0) is 20.6. The minimum absolute atomic E-state index is 0.0220. The van der Waals surface area contributed by atoms with E-state index in [0.29, 0.717) is 11.8 Å². The van der Waals surface area contributed by atoms with Crippen LogP contribution in [0.15, 0.2) is 28.5 Å². The SMILES string of the molecule is Cc1sc(S(=O)(=O)N[C@@H](C)C(C)(F)F)cc1C(=O)Nc1ccc(F)c(F)c1. The Morgan fingerprint density at radius 1 is 1.19 bits per heavy atom. The van der Waals surface area contributed by atoms with Crippen molar-refractivity contribution in [2.24, 2.45) is 0 Å². The molecule has 2 N–H and O–H groups in total. The Labute approximate surface area is 157 Å². The van der Waals surface area contributed by atoms with E-state index in [-0.39, 0.29) is 15.5 Å². The number of carbonyl (C=O) groups excluding carboxylic acids is 1. The number of halogens is 4. The van der Waals surface area contributed by atoms with Gasteiger partial charge in [0.1, 0.15) is 4.21 Å². The molecule has 1 aromatic heterocycles. The monoisotopic (exact) mass is 424 g/mol. The van der Waals surface area contributed by atoms with Crippen molar-refractivity contribution in [1.29, 1.82) is 0 Å². The molecule has 1 atom stereocenters. The molecule has 0 aliphatic heterocycles. The van der Waals surface area contributed by atoms with Gasteiger partial charge < -0.3 is 5.32 Å². The Morgan fingerprint density at radius 2 is 1.81 bits per heavy atom. The second kappa shape index (κ2) is 7.56. The van der Waals surface area contributed by atoms with E-state index in [9.17, 15) is 30.8 Å². The van der Waals surface area contributed by atoms with Crippen molar-refractivity contribution in [2.45, 2.75) is 36.9 Å². The van der Waals surface area contributed by atoms with Gasteiger partial charge in [-0.3, -0.25) is 4.79 Å². The molecule has 0 saturated heterocycles. The highest BCUT2D eigenvalue weighted by molar-refractivity contribution is 7.91. The molecule has 1 heterocycles. The summed E-state index contributed by atoms with van der Waals surface area (Å²) in [5.74, 6) is -6.26. The topological polar surface area (TPSA) is 75.3 Å². The van der Waals surface area contributed by atoms with Crippen LogP contribution in [0.2, 0.25) is 0 Å². The number of nitrogens with one attached hydrogen (secondary N) is 2. The van der Waals surface area contributed by atoms with E-state index in [1.807, 2.05) is 4.72 Å². The molecule has 0 spiro atoms. The van der Waals surface area contributed by atoms with Gasteiger partial charge in [-0.05, 0) is 32.0 Å². The smallest absolute Gasteiger partial charge is 0.261 e. The summed E-state index contributed by atoms with van der Waals surface area (Å²) in [6, 6.07) is 2.14. The molecule has 148 valence electrons. The van der Waals surface area contributed by atoms with E-state index in [0.717, 1.165) is 42.5 Å². The summed E-state index contributed by atoms with van der Waals surface area (Å²) in [4.78, 5) is 12.6. The Kier molecular flexibility index (Phi) is 5.97. The maximum atomic E-state index is 13.2. The molecular weight excluding hydrogens is 408 g/mol. The van der Waals surface area contributed by atoms with Crippen molar-refractivity contribution in [1.82, 2.24) is 4.72 Å². The molecule has 2 aromatic rings. The third-order valence-corrected chi connectivity index (χ3v) is 6.74. The summed E-state index contributed by atoms with van der Waals surface area (Å²) >= 11 is 0.728. The predicted molar refractivity (Wildman–Crippen MR) is 93.8 cm³/mol. The van der Waals surface area contributed by atoms with Gasteiger partial charge in [-0.15, -0.1) is 11.3 Å². The maximum Gasteiger partial charge on any atom is 0.261 e. The molecule has 1 aromatic carbocycles. The van der Waals surface area contributed by atoms with E-state index in [1.54, 1.807) is 0 Å². The summed E-state index contributed by atoms with van der Waals surface area (Å²) in [6.45, 7) is 3.08. The van der Waals surface area contributed by atoms with Crippen LogP contribution in [-0.4, -0.2) is 26.3 Å². The third kappa shape index (κ3) is 5.05. The van der Waals surface area contributed by atoms with Gasteiger partial charge in [0.15, 0.2) is 11.6 Å². The molecule has 0 radical (unpaired) electrons. The lowest BCUT2D eigenvalue weighted by atomic mass is 10.2. The number of aryl methyl sites for hydroxylation is 1. The Morgan fingerprint density at radius 3 is 2.37 bits per heavy atom. The van der Waals surface area contributed by atoms with E-state index >= 15 is 0 Å². The molecule has 0 aliphatic carbocycles. The molecule has 0 saturated carbocycles. The van der Waals surface area contributed by atoms with Crippen LogP contribution in [0.5, 0.6) is 0 Å². The first-order valence-electron chi connectivity index (χ1n) is 7.58. The van der Waals surface area contributed by atoms with Crippen LogP contribution in [0.4, 0.5) is 23.2 Å². The van der Waals surface area contributed by atoms with Crippen LogP contribution in [-0.2, 0) is 10.0 Å². The molecular formula is C16H16F4N2O3S2. The highest BCUT2D eigenvalue weighted by Gasteiger charge is 2.34. The van der Waals surface area contributed by atoms with Crippen LogP contribution < -0.4 is 10.0 Å². The number of hydrogen-bond acceptors (Lipinski definition) is 4. The molecule has 0 fully saturated rings. The summed E-state index contributed by atoms with van der Waals surface area (Å²) < 4.78 is 78.7. The van der Waals surface area contributed by atoms with Crippen LogP contribution in [0.3, 0.4) is 0 Å². The lowest BCUT2D eigenvalue weighted by Gasteiger charge is -2.19. The van der Waals surface area contributed by atoms with Gasteiger partial charge >= 0.3 is 0 Å². The average Bonchev–Trinajstić information content (AvgIpc) is 2.92. The van der Waals surface area contributed by atoms with Crippen molar-refractivity contribution in [3.8, 4) is 0 Å². The number of benzene rings is 1. The fourth-order valence-electron chi connectivity index (χ4n) is 1.98. The van der Waals surface area contributed by atoms with Crippen LogP contribution in [0.25, 0.3) is 0 Å². The van der Waals surface area contributed by atoms with E-state index < -0.39 is 39.5 Å². The van der Waals surface area contributed by atoms with Crippen molar-refractivity contribution in [2.75, 3.05) is 5.32 Å². The number of alkyl halides is 2. The lowest BCUT2D eigenvalue weighted by molar-refractivity contribution is -0.00487. The number of rotatable bonds is 6. The van der Waals surface area contributed by atoms with Gasteiger partial charge in [-0.2, -0.15) is 0 Å². The Bertz CT molecular complexity index is 969. The number of amides is 1. The standard InChI is InChI=1S/C16H16F4N2O3S2/c1-8-11(15(23)21-10-4-5-12(17)13(18)6-10)7-14(26-8)27(24,25)22-9(2)16(3,19)20/h4-7,9,22H,1-3H3,(H,21,23)/t9-/m0/s1. The quantitative estimate of drug-likeness (QED) is 0.691. The lowest BCUT2D eigenvalue weighted by Crippen LogP contribution is -2.43. The zero-order valence-electron chi connectivity index (χ0n) is 14.4. The van der Waals surface area contributed by atoms with Crippen LogP contribution >= 0.6 is 11.3 Å². The fourth-order valence-corrected chi connectivity index (χ4v) is 4.74. The molecule has 0 unspecified atom stereocenters. The summed E-state index contributed by atoms with van der Waals surface area (Å²) in [6.07, 6.45) is 0. The fraction of sp³-hybridized carbons (Fsp3) is 0.312. The summed E-state index contributed by atoms with van der Waals surface area (Å²) in [5.41, 5.74) is -0.0488. The van der Waals surface area contributed by atoms with Crippen molar-refractivity contribution in [3.05, 3.63) is 46.3 Å².